The van der Waals surface area contributed by atoms with Crippen molar-refractivity contribution in [3.63, 3.8) is 0 Å². The van der Waals surface area contributed by atoms with Crippen LogP contribution in [0, 0.1) is 0 Å². The van der Waals surface area contributed by atoms with Gasteiger partial charge in [-0.1, -0.05) is 72.8 Å². The van der Waals surface area contributed by atoms with Gasteiger partial charge in [-0.05, 0) is 46.9 Å². The van der Waals surface area contributed by atoms with Crippen molar-refractivity contribution in [3.05, 3.63) is 89.5 Å². The maximum Gasteiger partial charge on any atom is 0.325 e. The van der Waals surface area contributed by atoms with Crippen LogP contribution in [0.1, 0.15) is 25.0 Å². The third-order valence-corrected chi connectivity index (χ3v) is 5.09. The summed E-state index contributed by atoms with van der Waals surface area (Å²) in [7, 11) is 0. The molecular formula is C23H20O2. The molecule has 0 aliphatic heterocycles. The first-order chi connectivity index (χ1) is 12.2. The highest BCUT2D eigenvalue weighted by atomic mass is 16.5. The van der Waals surface area contributed by atoms with Crippen LogP contribution in [0.5, 0.6) is 0 Å². The lowest BCUT2D eigenvalue weighted by molar-refractivity contribution is -0.145. The standard InChI is InChI=1S/C23H20O2/c1-3-25-22(24)23(16(2)21(23)18-11-5-4-6-12-18)20-15-9-13-17-10-7-8-14-19(17)20/h4-15H,3H2,1-2H3. The van der Waals surface area contributed by atoms with Crippen LogP contribution in [0.3, 0.4) is 0 Å². The van der Waals surface area contributed by atoms with Crippen LogP contribution in [0.25, 0.3) is 16.3 Å². The van der Waals surface area contributed by atoms with Gasteiger partial charge in [-0.25, -0.2) is 0 Å². The summed E-state index contributed by atoms with van der Waals surface area (Å²) in [6, 6.07) is 24.5. The number of hydrogen-bond acceptors (Lipinski definition) is 2. The molecule has 0 saturated carbocycles. The van der Waals surface area contributed by atoms with Crippen LogP contribution < -0.4 is 0 Å². The Morgan fingerprint density at radius 1 is 0.920 bits per heavy atom. The van der Waals surface area contributed by atoms with Gasteiger partial charge >= 0.3 is 5.97 Å². The van der Waals surface area contributed by atoms with Gasteiger partial charge < -0.3 is 4.74 Å². The maximum absolute atomic E-state index is 13.1. The average Bonchev–Trinajstić information content (AvgIpc) is 3.28. The van der Waals surface area contributed by atoms with Gasteiger partial charge in [-0.2, -0.15) is 0 Å². The Morgan fingerprint density at radius 3 is 2.36 bits per heavy atom. The molecule has 4 rings (SSSR count). The molecule has 0 radical (unpaired) electrons. The first kappa shape index (κ1) is 15.6. The maximum atomic E-state index is 13.1. The summed E-state index contributed by atoms with van der Waals surface area (Å²) in [5.41, 5.74) is 3.48. The van der Waals surface area contributed by atoms with Crippen molar-refractivity contribution >= 4 is 22.3 Å². The zero-order valence-electron chi connectivity index (χ0n) is 14.5. The van der Waals surface area contributed by atoms with Crippen molar-refractivity contribution in [2.45, 2.75) is 19.3 Å². The predicted molar refractivity (Wildman–Crippen MR) is 101 cm³/mol. The lowest BCUT2D eigenvalue weighted by Gasteiger charge is -2.21. The minimum atomic E-state index is -0.766. The van der Waals surface area contributed by atoms with Gasteiger partial charge in [0.05, 0.1) is 6.61 Å². The lowest BCUT2D eigenvalue weighted by atomic mass is 9.83. The summed E-state index contributed by atoms with van der Waals surface area (Å²) in [5.74, 6) is -0.178. The third kappa shape index (κ3) is 2.21. The number of ether oxygens (including phenoxy) is 1. The molecule has 0 saturated heterocycles. The molecule has 1 aliphatic rings. The SMILES string of the molecule is CCOC(=O)C1(c2cccc3ccccc23)C(C)=C1c1ccccc1. The number of benzene rings is 3. The Hall–Kier alpha value is -2.87. The zero-order chi connectivity index (χ0) is 17.4. The first-order valence-corrected chi connectivity index (χ1v) is 8.64. The van der Waals surface area contributed by atoms with E-state index in [-0.39, 0.29) is 5.97 Å². The molecule has 2 heteroatoms. The molecule has 0 heterocycles. The Kier molecular flexibility index (Phi) is 3.69. The molecule has 0 spiro atoms. The second-order valence-corrected chi connectivity index (χ2v) is 6.36. The number of rotatable bonds is 4. The second-order valence-electron chi connectivity index (χ2n) is 6.36. The highest BCUT2D eigenvalue weighted by molar-refractivity contribution is 6.17. The van der Waals surface area contributed by atoms with E-state index in [1.807, 2.05) is 50.2 Å². The van der Waals surface area contributed by atoms with Crippen molar-refractivity contribution < 1.29 is 9.53 Å². The number of fused-ring (bicyclic) bond motifs is 1. The summed E-state index contributed by atoms with van der Waals surface area (Å²) in [6.07, 6.45) is 0. The minimum Gasteiger partial charge on any atom is -0.465 e. The summed E-state index contributed by atoms with van der Waals surface area (Å²) in [6.45, 7) is 4.27. The molecule has 2 nitrogen and oxygen atoms in total. The van der Waals surface area contributed by atoms with Crippen LogP contribution in [-0.4, -0.2) is 12.6 Å². The molecule has 1 unspecified atom stereocenters. The quantitative estimate of drug-likeness (QED) is 0.621. The summed E-state index contributed by atoms with van der Waals surface area (Å²) in [5, 5.41) is 2.24. The molecule has 3 aromatic rings. The molecule has 1 atom stereocenters. The summed E-state index contributed by atoms with van der Waals surface area (Å²) >= 11 is 0. The highest BCUT2D eigenvalue weighted by Gasteiger charge is 2.60. The van der Waals surface area contributed by atoms with Crippen LogP contribution in [0.4, 0.5) is 0 Å². The Labute approximate surface area is 147 Å². The molecule has 0 bridgehead atoms. The van der Waals surface area contributed by atoms with Crippen LogP contribution in [-0.2, 0) is 14.9 Å². The van der Waals surface area contributed by atoms with Gasteiger partial charge in [0.15, 0.2) is 0 Å². The molecule has 0 fully saturated rings. The molecular weight excluding hydrogens is 308 g/mol. The third-order valence-electron chi connectivity index (χ3n) is 5.09. The summed E-state index contributed by atoms with van der Waals surface area (Å²) < 4.78 is 5.51. The van der Waals surface area contributed by atoms with Crippen LogP contribution >= 0.6 is 0 Å². The minimum absolute atomic E-state index is 0.178. The number of esters is 1. The number of hydrogen-bond donors (Lipinski definition) is 0. The van der Waals surface area contributed by atoms with Gasteiger partial charge in [-0.15, -0.1) is 0 Å². The highest BCUT2D eigenvalue weighted by Crippen LogP contribution is 2.61. The van der Waals surface area contributed by atoms with E-state index in [0.29, 0.717) is 6.61 Å². The van der Waals surface area contributed by atoms with E-state index in [0.717, 1.165) is 33.0 Å². The van der Waals surface area contributed by atoms with Gasteiger partial charge in [-0.3, -0.25) is 4.79 Å². The van der Waals surface area contributed by atoms with E-state index in [1.54, 1.807) is 0 Å². The normalized spacial score (nSPS) is 19.1. The van der Waals surface area contributed by atoms with E-state index in [4.69, 9.17) is 4.74 Å². The van der Waals surface area contributed by atoms with Crippen molar-refractivity contribution in [1.29, 1.82) is 0 Å². The van der Waals surface area contributed by atoms with E-state index in [2.05, 4.69) is 36.4 Å². The Morgan fingerprint density at radius 2 is 1.60 bits per heavy atom. The van der Waals surface area contributed by atoms with Crippen molar-refractivity contribution in [3.8, 4) is 0 Å². The van der Waals surface area contributed by atoms with Gasteiger partial charge in [0.25, 0.3) is 0 Å². The average molecular weight is 328 g/mol. The van der Waals surface area contributed by atoms with E-state index in [9.17, 15) is 4.79 Å². The van der Waals surface area contributed by atoms with Gasteiger partial charge in [0.1, 0.15) is 5.41 Å². The topological polar surface area (TPSA) is 26.3 Å². The van der Waals surface area contributed by atoms with Crippen molar-refractivity contribution in [2.24, 2.45) is 0 Å². The van der Waals surface area contributed by atoms with E-state index < -0.39 is 5.41 Å². The molecule has 0 N–H and O–H groups in total. The Balaban J connectivity index is 1.94. The molecule has 124 valence electrons. The smallest absolute Gasteiger partial charge is 0.325 e. The monoisotopic (exact) mass is 328 g/mol. The molecule has 1 aliphatic carbocycles. The van der Waals surface area contributed by atoms with E-state index >= 15 is 0 Å². The Bertz CT molecular complexity index is 980. The zero-order valence-corrected chi connectivity index (χ0v) is 14.5. The van der Waals surface area contributed by atoms with Gasteiger partial charge in [0, 0.05) is 0 Å². The van der Waals surface area contributed by atoms with Crippen molar-refractivity contribution in [2.75, 3.05) is 6.61 Å². The predicted octanol–water partition coefficient (Wildman–Crippen LogP) is 5.13. The van der Waals surface area contributed by atoms with E-state index in [1.165, 1.54) is 0 Å². The van der Waals surface area contributed by atoms with Crippen molar-refractivity contribution in [1.82, 2.24) is 0 Å². The fourth-order valence-electron chi connectivity index (χ4n) is 3.94. The number of carbonyl (C=O) groups excluding carboxylic acids is 1. The summed E-state index contributed by atoms with van der Waals surface area (Å²) in [4.78, 5) is 13.1. The fourth-order valence-corrected chi connectivity index (χ4v) is 3.94. The van der Waals surface area contributed by atoms with Crippen LogP contribution in [0.15, 0.2) is 78.4 Å². The lowest BCUT2D eigenvalue weighted by Crippen LogP contribution is -2.28. The van der Waals surface area contributed by atoms with Crippen LogP contribution in [0.2, 0.25) is 0 Å². The number of carbonyl (C=O) groups is 1. The molecule has 0 amide bonds. The largest absolute Gasteiger partial charge is 0.465 e. The molecule has 0 aromatic heterocycles. The van der Waals surface area contributed by atoms with Gasteiger partial charge in [0.2, 0.25) is 0 Å². The molecule has 25 heavy (non-hydrogen) atoms. The fraction of sp³-hybridized carbons (Fsp3) is 0.174. The molecule has 3 aromatic carbocycles. The first-order valence-electron chi connectivity index (χ1n) is 8.64. The second kappa shape index (κ2) is 5.89.